The monoisotopic (exact) mass is 285 g/mol. The molecule has 17 heavy (non-hydrogen) atoms. The van der Waals surface area contributed by atoms with E-state index in [-0.39, 0.29) is 0 Å². The first-order valence-electron chi connectivity index (χ1n) is 5.18. The number of hydrogen-bond donors (Lipinski definition) is 1. The van der Waals surface area contributed by atoms with Crippen LogP contribution in [0.2, 0.25) is 4.34 Å². The fraction of sp³-hybridized carbons (Fsp3) is 0.273. The van der Waals surface area contributed by atoms with E-state index in [9.17, 15) is 0 Å². The first kappa shape index (κ1) is 12.8. The number of aromatic nitrogens is 2. The quantitative estimate of drug-likeness (QED) is 0.503. The summed E-state index contributed by atoms with van der Waals surface area (Å²) in [6.45, 7) is 1.83. The Hall–Kier alpha value is -0.620. The highest BCUT2D eigenvalue weighted by atomic mass is 35.5. The molecule has 2 heterocycles. The van der Waals surface area contributed by atoms with Gasteiger partial charge in [0.2, 0.25) is 0 Å². The predicted octanol–water partition coefficient (Wildman–Crippen LogP) is 3.07. The van der Waals surface area contributed by atoms with E-state index < -0.39 is 0 Å². The summed E-state index contributed by atoms with van der Waals surface area (Å²) in [5, 5.41) is 4.39. The zero-order chi connectivity index (χ0) is 11.9. The summed E-state index contributed by atoms with van der Waals surface area (Å²) in [7, 11) is 0. The molecule has 0 unspecified atom stereocenters. The van der Waals surface area contributed by atoms with Crippen LogP contribution >= 0.6 is 34.7 Å². The number of halogens is 1. The molecule has 0 spiro atoms. The molecule has 1 N–H and O–H groups in total. The van der Waals surface area contributed by atoms with E-state index in [1.54, 1.807) is 35.6 Å². The maximum atomic E-state index is 5.85. The van der Waals surface area contributed by atoms with E-state index >= 15 is 0 Å². The molecule has 0 bridgehead atoms. The number of nitrogens with one attached hydrogen (secondary N) is 1. The summed E-state index contributed by atoms with van der Waals surface area (Å²) in [4.78, 5) is 9.29. The second-order valence-corrected chi connectivity index (χ2v) is 6.19. The minimum Gasteiger partial charge on any atom is -0.311 e. The van der Waals surface area contributed by atoms with Gasteiger partial charge in [-0.05, 0) is 18.2 Å². The van der Waals surface area contributed by atoms with Crippen molar-refractivity contribution in [2.45, 2.75) is 11.6 Å². The number of hydrogen-bond acceptors (Lipinski definition) is 5. The summed E-state index contributed by atoms with van der Waals surface area (Å²) < 4.78 is 0.845. The highest BCUT2D eigenvalue weighted by molar-refractivity contribution is 7.99. The van der Waals surface area contributed by atoms with Gasteiger partial charge >= 0.3 is 0 Å². The van der Waals surface area contributed by atoms with E-state index in [2.05, 4.69) is 21.4 Å². The highest BCUT2D eigenvalue weighted by Crippen LogP contribution is 2.21. The lowest BCUT2D eigenvalue weighted by Crippen LogP contribution is -2.15. The number of rotatable bonds is 6. The Bertz CT molecular complexity index is 447. The van der Waals surface area contributed by atoms with Gasteiger partial charge in [0.05, 0.1) is 9.36 Å². The van der Waals surface area contributed by atoms with Crippen LogP contribution in [0.5, 0.6) is 0 Å². The summed E-state index contributed by atoms with van der Waals surface area (Å²) in [6.07, 6.45) is 3.33. The summed E-state index contributed by atoms with van der Waals surface area (Å²) in [5.74, 6) is 0.996. The second-order valence-electron chi connectivity index (χ2n) is 3.28. The molecule has 0 atom stereocenters. The smallest absolute Gasteiger partial charge is 0.116 e. The van der Waals surface area contributed by atoms with Crippen molar-refractivity contribution in [1.82, 2.24) is 15.3 Å². The number of thioether (sulfide) groups is 1. The minimum absolute atomic E-state index is 0.845. The van der Waals surface area contributed by atoms with E-state index in [1.807, 2.05) is 12.1 Å². The molecule has 0 amide bonds. The lowest BCUT2D eigenvalue weighted by atomic mass is 10.4. The van der Waals surface area contributed by atoms with E-state index in [4.69, 9.17) is 11.6 Å². The molecule has 0 fully saturated rings. The first-order valence-corrected chi connectivity index (χ1v) is 7.36. The van der Waals surface area contributed by atoms with Crippen LogP contribution in [0.1, 0.15) is 4.88 Å². The van der Waals surface area contributed by atoms with Crippen LogP contribution in [0, 0.1) is 0 Å². The SMILES string of the molecule is Clc1ccc(CNCCSc2ccncn2)s1. The van der Waals surface area contributed by atoms with Gasteiger partial charge in [0.15, 0.2) is 0 Å². The average Bonchev–Trinajstić information content (AvgIpc) is 2.76. The Balaban J connectivity index is 1.61. The van der Waals surface area contributed by atoms with Gasteiger partial charge < -0.3 is 5.32 Å². The third-order valence-electron chi connectivity index (χ3n) is 2.01. The lowest BCUT2D eigenvalue weighted by molar-refractivity contribution is 0.740. The van der Waals surface area contributed by atoms with Gasteiger partial charge in [0.25, 0.3) is 0 Å². The van der Waals surface area contributed by atoms with Crippen molar-refractivity contribution < 1.29 is 0 Å². The molecule has 0 aliphatic heterocycles. The molecule has 3 nitrogen and oxygen atoms in total. The standard InChI is InChI=1S/C11H12ClN3S2/c12-10-2-1-9(17-10)7-13-5-6-16-11-3-4-14-8-15-11/h1-4,8,13H,5-7H2. The Morgan fingerprint density at radius 2 is 2.29 bits per heavy atom. The first-order chi connectivity index (χ1) is 8.34. The Kier molecular flexibility index (Phi) is 5.25. The molecule has 0 saturated carbocycles. The van der Waals surface area contributed by atoms with Crippen LogP contribution in [0.3, 0.4) is 0 Å². The Labute approximate surface area is 114 Å². The molecule has 2 rings (SSSR count). The van der Waals surface area contributed by atoms with Crippen LogP contribution in [0.4, 0.5) is 0 Å². The van der Waals surface area contributed by atoms with Crippen molar-refractivity contribution in [3.05, 3.63) is 39.9 Å². The van der Waals surface area contributed by atoms with Crippen LogP contribution in [-0.2, 0) is 6.54 Å². The summed E-state index contributed by atoms with van der Waals surface area (Å²) in [5.41, 5.74) is 0. The van der Waals surface area contributed by atoms with Crippen molar-refractivity contribution >= 4 is 34.7 Å². The number of thiophene rings is 1. The predicted molar refractivity (Wildman–Crippen MR) is 73.8 cm³/mol. The van der Waals surface area contributed by atoms with Crippen LogP contribution in [0.25, 0.3) is 0 Å². The molecule has 6 heteroatoms. The summed E-state index contributed by atoms with van der Waals surface area (Å²) >= 11 is 9.20. The van der Waals surface area contributed by atoms with E-state index in [1.165, 1.54) is 4.88 Å². The Morgan fingerprint density at radius 1 is 1.35 bits per heavy atom. The molecular weight excluding hydrogens is 274 g/mol. The highest BCUT2D eigenvalue weighted by Gasteiger charge is 1.98. The third kappa shape index (κ3) is 4.63. The van der Waals surface area contributed by atoms with Gasteiger partial charge in [0.1, 0.15) is 6.33 Å². The normalized spacial score (nSPS) is 10.6. The van der Waals surface area contributed by atoms with Gasteiger partial charge in [0, 0.05) is 29.9 Å². The lowest BCUT2D eigenvalue weighted by Gasteiger charge is -2.02. The van der Waals surface area contributed by atoms with Crippen molar-refractivity contribution in [2.75, 3.05) is 12.3 Å². The zero-order valence-corrected chi connectivity index (χ0v) is 11.5. The van der Waals surface area contributed by atoms with Crippen molar-refractivity contribution in [2.24, 2.45) is 0 Å². The minimum atomic E-state index is 0.845. The Morgan fingerprint density at radius 3 is 3.00 bits per heavy atom. The second kappa shape index (κ2) is 6.96. The van der Waals surface area contributed by atoms with E-state index in [0.717, 1.165) is 28.2 Å². The van der Waals surface area contributed by atoms with Gasteiger partial charge in [-0.25, -0.2) is 9.97 Å². The molecule has 0 aromatic carbocycles. The van der Waals surface area contributed by atoms with Crippen molar-refractivity contribution in [1.29, 1.82) is 0 Å². The van der Waals surface area contributed by atoms with Crippen LogP contribution in [-0.4, -0.2) is 22.3 Å². The topological polar surface area (TPSA) is 37.8 Å². The third-order valence-corrected chi connectivity index (χ3v) is 4.19. The van der Waals surface area contributed by atoms with Gasteiger partial charge in [-0.3, -0.25) is 0 Å². The molecule has 0 saturated heterocycles. The van der Waals surface area contributed by atoms with Crippen molar-refractivity contribution in [3.8, 4) is 0 Å². The van der Waals surface area contributed by atoms with Gasteiger partial charge in [-0.1, -0.05) is 11.6 Å². The largest absolute Gasteiger partial charge is 0.311 e. The van der Waals surface area contributed by atoms with Crippen molar-refractivity contribution in [3.63, 3.8) is 0 Å². The molecule has 2 aromatic rings. The maximum Gasteiger partial charge on any atom is 0.116 e. The van der Waals surface area contributed by atoms with E-state index in [0.29, 0.717) is 0 Å². The molecule has 0 radical (unpaired) electrons. The maximum absolute atomic E-state index is 5.85. The van der Waals surface area contributed by atoms with Gasteiger partial charge in [-0.15, -0.1) is 23.1 Å². The summed E-state index contributed by atoms with van der Waals surface area (Å²) in [6, 6.07) is 5.90. The molecule has 0 aliphatic carbocycles. The molecular formula is C11H12ClN3S2. The zero-order valence-electron chi connectivity index (χ0n) is 9.10. The fourth-order valence-electron chi connectivity index (χ4n) is 1.25. The average molecular weight is 286 g/mol. The van der Waals surface area contributed by atoms with Crippen LogP contribution < -0.4 is 5.32 Å². The molecule has 0 aliphatic rings. The van der Waals surface area contributed by atoms with Gasteiger partial charge in [-0.2, -0.15) is 0 Å². The molecule has 2 aromatic heterocycles. The molecule has 90 valence electrons. The number of nitrogens with zero attached hydrogens (tertiary/aromatic N) is 2. The fourth-order valence-corrected chi connectivity index (χ4v) is 3.04. The van der Waals surface area contributed by atoms with Crippen LogP contribution in [0.15, 0.2) is 35.7 Å².